The predicted molar refractivity (Wildman–Crippen MR) is 106 cm³/mol. The Bertz CT molecular complexity index is 782. The Labute approximate surface area is 178 Å². The van der Waals surface area contributed by atoms with Crippen molar-refractivity contribution in [2.45, 2.75) is 51.2 Å². The first kappa shape index (κ1) is 25.6. The number of amides is 3. The van der Waals surface area contributed by atoms with Gasteiger partial charge in [0.2, 0.25) is 17.7 Å². The highest BCUT2D eigenvalue weighted by molar-refractivity contribution is 5.95. The number of hydrogen-bond acceptors (Lipinski definition) is 7. The Morgan fingerprint density at radius 2 is 1.74 bits per heavy atom. The first-order chi connectivity index (χ1) is 14.6. The van der Waals surface area contributed by atoms with Crippen molar-refractivity contribution in [3.05, 3.63) is 18.2 Å². The van der Waals surface area contributed by atoms with Gasteiger partial charge in [-0.2, -0.15) is 0 Å². The molecule has 0 aliphatic rings. The van der Waals surface area contributed by atoms with Gasteiger partial charge in [-0.1, -0.05) is 20.3 Å². The Hall–Kier alpha value is -3.48. The lowest BCUT2D eigenvalue weighted by Crippen LogP contribution is -2.57. The van der Waals surface area contributed by atoms with E-state index >= 15 is 0 Å². The molecule has 0 radical (unpaired) electrons. The number of hydrogen-bond donors (Lipinski definition) is 7. The number of aromatic amines is 1. The number of H-pyrrole nitrogens is 1. The smallest absolute Gasteiger partial charge is 0.326 e. The lowest BCUT2D eigenvalue weighted by atomic mass is 9.98. The molecule has 3 amide bonds. The minimum absolute atomic E-state index is 0.0242. The molecule has 1 heterocycles. The summed E-state index contributed by atoms with van der Waals surface area (Å²) >= 11 is 0. The standard InChI is InChI=1S/C18H28N6O7/c1-3-9(2)15(18(30)31)24-17(29)12(5-14(26)27)23-16(28)11(22-13(25)6-19)4-10-7-20-8-21-10/h7-9,11-12,15H,3-6,19H2,1-2H3,(H,20,21)(H,22,25)(H,23,28)(H,24,29)(H,26,27)(H,30,31). The fraction of sp³-hybridized carbons (Fsp3) is 0.556. The number of aliphatic carboxylic acids is 2. The van der Waals surface area contributed by atoms with Crippen LogP contribution in [0.2, 0.25) is 0 Å². The third kappa shape index (κ3) is 8.42. The average Bonchev–Trinajstić information content (AvgIpc) is 3.22. The molecule has 0 spiro atoms. The third-order valence-electron chi connectivity index (χ3n) is 4.60. The van der Waals surface area contributed by atoms with E-state index in [1.54, 1.807) is 13.8 Å². The van der Waals surface area contributed by atoms with Crippen LogP contribution in [0.5, 0.6) is 0 Å². The van der Waals surface area contributed by atoms with E-state index in [1.807, 2.05) is 0 Å². The van der Waals surface area contributed by atoms with Gasteiger partial charge < -0.3 is 36.9 Å². The first-order valence-corrected chi connectivity index (χ1v) is 9.61. The molecule has 0 aliphatic carbocycles. The first-order valence-electron chi connectivity index (χ1n) is 9.61. The maximum absolute atomic E-state index is 12.7. The summed E-state index contributed by atoms with van der Waals surface area (Å²) in [7, 11) is 0. The number of carbonyl (C=O) groups is 5. The molecule has 0 saturated carbocycles. The van der Waals surface area contributed by atoms with Crippen molar-refractivity contribution in [2.24, 2.45) is 11.7 Å². The maximum Gasteiger partial charge on any atom is 0.326 e. The highest BCUT2D eigenvalue weighted by Gasteiger charge is 2.32. The quantitative estimate of drug-likeness (QED) is 0.180. The van der Waals surface area contributed by atoms with Crippen LogP contribution in [0.25, 0.3) is 0 Å². The lowest BCUT2D eigenvalue weighted by Gasteiger charge is -2.25. The van der Waals surface area contributed by atoms with Gasteiger partial charge in [-0.05, 0) is 5.92 Å². The van der Waals surface area contributed by atoms with Crippen LogP contribution in [0.3, 0.4) is 0 Å². The van der Waals surface area contributed by atoms with Crippen molar-refractivity contribution < 1.29 is 34.2 Å². The van der Waals surface area contributed by atoms with Crippen molar-refractivity contribution in [3.8, 4) is 0 Å². The molecule has 172 valence electrons. The summed E-state index contributed by atoms with van der Waals surface area (Å²) in [5.74, 6) is -5.54. The van der Waals surface area contributed by atoms with Crippen molar-refractivity contribution in [2.75, 3.05) is 6.54 Å². The van der Waals surface area contributed by atoms with Gasteiger partial charge in [0, 0.05) is 18.3 Å². The summed E-state index contributed by atoms with van der Waals surface area (Å²) < 4.78 is 0. The van der Waals surface area contributed by atoms with E-state index in [9.17, 15) is 29.1 Å². The predicted octanol–water partition coefficient (Wildman–Crippen LogP) is -2.03. The van der Waals surface area contributed by atoms with Crippen molar-refractivity contribution in [1.29, 1.82) is 0 Å². The second-order valence-corrected chi connectivity index (χ2v) is 6.97. The molecular weight excluding hydrogens is 412 g/mol. The molecule has 0 aromatic carbocycles. The average molecular weight is 440 g/mol. The van der Waals surface area contributed by atoms with Gasteiger partial charge in [0.05, 0.1) is 19.3 Å². The Morgan fingerprint density at radius 3 is 2.23 bits per heavy atom. The van der Waals surface area contributed by atoms with Crippen molar-refractivity contribution in [1.82, 2.24) is 25.9 Å². The summed E-state index contributed by atoms with van der Waals surface area (Å²) in [6.07, 6.45) is 2.44. The molecule has 0 saturated heterocycles. The summed E-state index contributed by atoms with van der Waals surface area (Å²) in [4.78, 5) is 66.3. The monoisotopic (exact) mass is 440 g/mol. The Balaban J connectivity index is 3.01. The molecule has 13 nitrogen and oxygen atoms in total. The van der Waals surface area contributed by atoms with E-state index < -0.39 is 60.1 Å². The summed E-state index contributed by atoms with van der Waals surface area (Å²) in [5, 5.41) is 25.4. The molecule has 31 heavy (non-hydrogen) atoms. The van der Waals surface area contributed by atoms with Crippen LogP contribution in [0.1, 0.15) is 32.4 Å². The van der Waals surface area contributed by atoms with E-state index in [-0.39, 0.29) is 13.0 Å². The summed E-state index contributed by atoms with van der Waals surface area (Å²) in [5.41, 5.74) is 5.77. The number of nitrogens with zero attached hydrogens (tertiary/aromatic N) is 1. The number of carbonyl (C=O) groups excluding carboxylic acids is 3. The second kappa shape index (κ2) is 12.3. The number of carboxylic acids is 2. The number of imidazole rings is 1. The Morgan fingerprint density at radius 1 is 1.10 bits per heavy atom. The maximum atomic E-state index is 12.7. The number of rotatable bonds is 13. The molecule has 4 unspecified atom stereocenters. The number of nitrogens with one attached hydrogen (secondary N) is 4. The highest BCUT2D eigenvalue weighted by Crippen LogP contribution is 2.09. The third-order valence-corrected chi connectivity index (χ3v) is 4.60. The van der Waals surface area contributed by atoms with Crippen molar-refractivity contribution >= 4 is 29.7 Å². The minimum Gasteiger partial charge on any atom is -0.481 e. The molecule has 13 heteroatoms. The van der Waals surface area contributed by atoms with Gasteiger partial charge in [-0.15, -0.1) is 0 Å². The zero-order chi connectivity index (χ0) is 23.6. The van der Waals surface area contributed by atoms with Gasteiger partial charge in [0.1, 0.15) is 18.1 Å². The summed E-state index contributed by atoms with van der Waals surface area (Å²) in [6.45, 7) is 2.97. The zero-order valence-electron chi connectivity index (χ0n) is 17.3. The highest BCUT2D eigenvalue weighted by atomic mass is 16.4. The normalized spacial score (nSPS) is 14.5. The van der Waals surface area contributed by atoms with Crippen LogP contribution in [0.4, 0.5) is 0 Å². The topological polar surface area (TPSA) is 217 Å². The SMILES string of the molecule is CCC(C)C(NC(=O)C(CC(=O)O)NC(=O)C(Cc1cnc[nH]1)NC(=O)CN)C(=O)O. The van der Waals surface area contributed by atoms with Crippen LogP contribution >= 0.6 is 0 Å². The van der Waals surface area contributed by atoms with Crippen LogP contribution in [0.15, 0.2) is 12.5 Å². The molecular formula is C18H28N6O7. The van der Waals surface area contributed by atoms with E-state index in [0.717, 1.165) is 0 Å². The molecule has 1 rings (SSSR count). The molecule has 0 aliphatic heterocycles. The molecule has 1 aromatic heterocycles. The van der Waals surface area contributed by atoms with Crippen molar-refractivity contribution in [3.63, 3.8) is 0 Å². The molecule has 4 atom stereocenters. The lowest BCUT2D eigenvalue weighted by molar-refractivity contribution is -0.144. The number of carboxylic acid groups (broad SMARTS) is 2. The van der Waals surface area contributed by atoms with Gasteiger partial charge in [-0.25, -0.2) is 9.78 Å². The number of nitrogens with two attached hydrogens (primary N) is 1. The molecule has 8 N–H and O–H groups in total. The van der Waals surface area contributed by atoms with E-state index in [1.165, 1.54) is 12.5 Å². The zero-order valence-corrected chi connectivity index (χ0v) is 17.3. The second-order valence-electron chi connectivity index (χ2n) is 6.97. The Kier molecular flexibility index (Phi) is 10.1. The van der Waals surface area contributed by atoms with Gasteiger partial charge in [-0.3, -0.25) is 19.2 Å². The summed E-state index contributed by atoms with van der Waals surface area (Å²) in [6, 6.07) is -4.00. The fourth-order valence-corrected chi connectivity index (χ4v) is 2.67. The van der Waals surface area contributed by atoms with Crippen LogP contribution < -0.4 is 21.7 Å². The van der Waals surface area contributed by atoms with Gasteiger partial charge in [0.15, 0.2) is 0 Å². The van der Waals surface area contributed by atoms with E-state index in [4.69, 9.17) is 10.8 Å². The van der Waals surface area contributed by atoms with Crippen LogP contribution in [-0.4, -0.2) is 74.5 Å². The van der Waals surface area contributed by atoms with E-state index in [2.05, 4.69) is 25.9 Å². The molecule has 0 fully saturated rings. The van der Waals surface area contributed by atoms with Crippen LogP contribution in [0, 0.1) is 5.92 Å². The van der Waals surface area contributed by atoms with Crippen LogP contribution in [-0.2, 0) is 30.4 Å². The molecule has 1 aromatic rings. The van der Waals surface area contributed by atoms with Gasteiger partial charge in [0.25, 0.3) is 0 Å². The number of aromatic nitrogens is 2. The largest absolute Gasteiger partial charge is 0.481 e. The van der Waals surface area contributed by atoms with E-state index in [0.29, 0.717) is 12.1 Å². The fourth-order valence-electron chi connectivity index (χ4n) is 2.67. The van der Waals surface area contributed by atoms with Gasteiger partial charge >= 0.3 is 11.9 Å². The minimum atomic E-state index is -1.56. The molecule has 0 bridgehead atoms.